The molecule has 0 radical (unpaired) electrons. The van der Waals surface area contributed by atoms with Crippen molar-refractivity contribution >= 4 is 23.1 Å². The number of hydrogen-bond donors (Lipinski definition) is 2. The van der Waals surface area contributed by atoms with Crippen LogP contribution in [0.3, 0.4) is 0 Å². The minimum absolute atomic E-state index is 0.0944. The lowest BCUT2D eigenvalue weighted by Gasteiger charge is -2.13. The second-order valence-electron chi connectivity index (χ2n) is 7.68. The van der Waals surface area contributed by atoms with E-state index in [1.807, 2.05) is 63.2 Å². The first kappa shape index (κ1) is 21.1. The van der Waals surface area contributed by atoms with Gasteiger partial charge in [-0.1, -0.05) is 18.2 Å². The van der Waals surface area contributed by atoms with Crippen molar-refractivity contribution in [3.63, 3.8) is 0 Å². The van der Waals surface area contributed by atoms with Crippen LogP contribution < -0.4 is 20.9 Å². The number of urea groups is 1. The standard InChI is InChI=1S/C25H24N4O3/c1-16-10-11-29-23(12-16)26-20(14-24(29)30)15-32-22-7-5-4-6-21(22)28-25(31)27-19-9-8-17(2)18(3)13-19/h4-14H,15H2,1-3H3,(H2,27,28,31). The van der Waals surface area contributed by atoms with E-state index in [1.54, 1.807) is 18.3 Å². The summed E-state index contributed by atoms with van der Waals surface area (Å²) in [5.74, 6) is 0.481. The maximum absolute atomic E-state index is 12.5. The Hall–Kier alpha value is -4.13. The molecule has 32 heavy (non-hydrogen) atoms. The number of aromatic nitrogens is 2. The van der Waals surface area contributed by atoms with Crippen molar-refractivity contribution < 1.29 is 9.53 Å². The summed E-state index contributed by atoms with van der Waals surface area (Å²) < 4.78 is 7.38. The number of ether oxygens (including phenoxy) is 1. The molecule has 2 aromatic heterocycles. The Morgan fingerprint density at radius 1 is 0.969 bits per heavy atom. The molecule has 0 saturated heterocycles. The SMILES string of the molecule is Cc1ccn2c(=O)cc(COc3ccccc3NC(=O)Nc3ccc(C)c(C)c3)nc2c1. The molecule has 0 bridgehead atoms. The van der Waals surface area contributed by atoms with Gasteiger partial charge in [-0.25, -0.2) is 9.78 Å². The average molecular weight is 428 g/mol. The zero-order chi connectivity index (χ0) is 22.7. The van der Waals surface area contributed by atoms with Crippen molar-refractivity contribution in [2.45, 2.75) is 27.4 Å². The minimum atomic E-state index is -0.373. The first-order valence-electron chi connectivity index (χ1n) is 10.2. The lowest BCUT2D eigenvalue weighted by Crippen LogP contribution is -2.20. The van der Waals surface area contributed by atoms with Crippen LogP contribution in [0.5, 0.6) is 5.75 Å². The number of benzene rings is 2. The number of rotatable bonds is 5. The van der Waals surface area contributed by atoms with E-state index in [0.29, 0.717) is 28.5 Å². The Kier molecular flexibility index (Phi) is 5.89. The molecule has 0 aliphatic carbocycles. The third-order valence-electron chi connectivity index (χ3n) is 5.15. The molecule has 4 aromatic rings. The normalized spacial score (nSPS) is 10.7. The van der Waals surface area contributed by atoms with Crippen LogP contribution in [0.2, 0.25) is 0 Å². The molecule has 0 spiro atoms. The summed E-state index contributed by atoms with van der Waals surface area (Å²) >= 11 is 0. The van der Waals surface area contributed by atoms with E-state index in [9.17, 15) is 9.59 Å². The third-order valence-corrected chi connectivity index (χ3v) is 5.15. The van der Waals surface area contributed by atoms with Crippen molar-refractivity contribution in [3.05, 3.63) is 99.6 Å². The topological polar surface area (TPSA) is 84.7 Å². The zero-order valence-electron chi connectivity index (χ0n) is 18.2. The summed E-state index contributed by atoms with van der Waals surface area (Å²) in [4.78, 5) is 29.4. The molecule has 0 saturated carbocycles. The van der Waals surface area contributed by atoms with E-state index in [1.165, 1.54) is 10.5 Å². The molecule has 2 amide bonds. The van der Waals surface area contributed by atoms with E-state index < -0.39 is 0 Å². The van der Waals surface area contributed by atoms with Gasteiger partial charge in [0.2, 0.25) is 0 Å². The van der Waals surface area contributed by atoms with Gasteiger partial charge in [-0.05, 0) is 73.9 Å². The second kappa shape index (κ2) is 8.93. The Balaban J connectivity index is 1.48. The molecule has 0 atom stereocenters. The number of carbonyl (C=O) groups is 1. The molecule has 2 aromatic carbocycles. The van der Waals surface area contributed by atoms with Gasteiger partial charge in [-0.3, -0.25) is 9.20 Å². The number of pyridine rings is 1. The quantitative estimate of drug-likeness (QED) is 0.476. The molecule has 7 heteroatoms. The molecule has 0 aliphatic rings. The summed E-state index contributed by atoms with van der Waals surface area (Å²) in [6, 6.07) is 17.6. The van der Waals surface area contributed by atoms with Crippen LogP contribution in [0.25, 0.3) is 5.65 Å². The molecule has 7 nitrogen and oxygen atoms in total. The van der Waals surface area contributed by atoms with E-state index in [4.69, 9.17) is 4.74 Å². The fraction of sp³-hybridized carbons (Fsp3) is 0.160. The smallest absolute Gasteiger partial charge is 0.323 e. The van der Waals surface area contributed by atoms with Gasteiger partial charge in [-0.15, -0.1) is 0 Å². The maximum Gasteiger partial charge on any atom is 0.323 e. The number of hydrogen-bond acceptors (Lipinski definition) is 4. The highest BCUT2D eigenvalue weighted by atomic mass is 16.5. The van der Waals surface area contributed by atoms with Crippen molar-refractivity contribution in [3.8, 4) is 5.75 Å². The van der Waals surface area contributed by atoms with Crippen molar-refractivity contribution in [2.75, 3.05) is 10.6 Å². The molecule has 4 rings (SSSR count). The number of nitrogens with zero attached hydrogens (tertiary/aromatic N) is 2. The van der Waals surface area contributed by atoms with Gasteiger partial charge >= 0.3 is 6.03 Å². The Labute approximate surface area is 185 Å². The summed E-state index contributed by atoms with van der Waals surface area (Å²) in [7, 11) is 0. The number of carbonyl (C=O) groups excluding carboxylic acids is 1. The van der Waals surface area contributed by atoms with Gasteiger partial charge in [0, 0.05) is 18.0 Å². The highest BCUT2D eigenvalue weighted by Gasteiger charge is 2.10. The van der Waals surface area contributed by atoms with E-state index in [-0.39, 0.29) is 18.2 Å². The monoisotopic (exact) mass is 428 g/mol. The highest BCUT2D eigenvalue weighted by Crippen LogP contribution is 2.25. The van der Waals surface area contributed by atoms with Gasteiger partial charge in [-0.2, -0.15) is 0 Å². The van der Waals surface area contributed by atoms with E-state index >= 15 is 0 Å². The average Bonchev–Trinajstić information content (AvgIpc) is 2.75. The van der Waals surface area contributed by atoms with E-state index in [2.05, 4.69) is 15.6 Å². The molecule has 2 N–H and O–H groups in total. The fourth-order valence-electron chi connectivity index (χ4n) is 3.28. The fourth-order valence-corrected chi connectivity index (χ4v) is 3.28. The van der Waals surface area contributed by atoms with Crippen molar-refractivity contribution in [2.24, 2.45) is 0 Å². The number of para-hydroxylation sites is 2. The number of amides is 2. The molecule has 0 aliphatic heterocycles. The summed E-state index contributed by atoms with van der Waals surface area (Å²) in [5, 5.41) is 5.65. The van der Waals surface area contributed by atoms with Crippen LogP contribution in [-0.4, -0.2) is 15.4 Å². The van der Waals surface area contributed by atoms with Crippen molar-refractivity contribution in [1.82, 2.24) is 9.38 Å². The maximum atomic E-state index is 12.5. The molecule has 162 valence electrons. The van der Waals surface area contributed by atoms with Crippen LogP contribution in [0, 0.1) is 20.8 Å². The lowest BCUT2D eigenvalue weighted by molar-refractivity contribution is 0.261. The van der Waals surface area contributed by atoms with Crippen molar-refractivity contribution in [1.29, 1.82) is 0 Å². The number of aryl methyl sites for hydroxylation is 3. The summed E-state index contributed by atoms with van der Waals surface area (Å²) in [5.41, 5.74) is 5.40. The van der Waals surface area contributed by atoms with Crippen LogP contribution in [0.1, 0.15) is 22.4 Å². The summed E-state index contributed by atoms with van der Waals surface area (Å²) in [6.07, 6.45) is 1.71. The van der Waals surface area contributed by atoms with Crippen LogP contribution in [-0.2, 0) is 6.61 Å². The Morgan fingerprint density at radius 3 is 2.59 bits per heavy atom. The molecule has 0 fully saturated rings. The van der Waals surface area contributed by atoms with E-state index in [0.717, 1.165) is 16.7 Å². The molecule has 0 unspecified atom stereocenters. The molecular weight excluding hydrogens is 404 g/mol. The highest BCUT2D eigenvalue weighted by molar-refractivity contribution is 6.00. The van der Waals surface area contributed by atoms with Crippen LogP contribution >= 0.6 is 0 Å². The van der Waals surface area contributed by atoms with Crippen LogP contribution in [0.15, 0.2) is 71.7 Å². The van der Waals surface area contributed by atoms with Gasteiger partial charge in [0.05, 0.1) is 11.4 Å². The predicted octanol–water partition coefficient (Wildman–Crippen LogP) is 4.84. The van der Waals surface area contributed by atoms with Gasteiger partial charge in [0.15, 0.2) is 0 Å². The first-order chi connectivity index (χ1) is 15.4. The number of fused-ring (bicyclic) bond motifs is 1. The lowest BCUT2D eigenvalue weighted by atomic mass is 10.1. The predicted molar refractivity (Wildman–Crippen MR) is 126 cm³/mol. The summed E-state index contributed by atoms with van der Waals surface area (Å²) in [6.45, 7) is 6.06. The number of anilines is 2. The van der Waals surface area contributed by atoms with Gasteiger partial charge in [0.25, 0.3) is 5.56 Å². The Bertz CT molecular complexity index is 1360. The minimum Gasteiger partial charge on any atom is -0.485 e. The number of nitrogens with one attached hydrogen (secondary N) is 2. The van der Waals surface area contributed by atoms with Gasteiger partial charge in [0.1, 0.15) is 18.0 Å². The zero-order valence-corrected chi connectivity index (χ0v) is 18.2. The largest absolute Gasteiger partial charge is 0.485 e. The molecule has 2 heterocycles. The Morgan fingerprint density at radius 2 is 1.78 bits per heavy atom. The van der Waals surface area contributed by atoms with Crippen LogP contribution in [0.4, 0.5) is 16.2 Å². The van der Waals surface area contributed by atoms with Gasteiger partial charge < -0.3 is 15.4 Å². The first-order valence-corrected chi connectivity index (χ1v) is 10.2. The second-order valence-corrected chi connectivity index (χ2v) is 7.68. The molecular formula is C25H24N4O3. The third kappa shape index (κ3) is 4.78.